The Labute approximate surface area is 180 Å². The molecule has 2 aromatic heterocycles. The van der Waals surface area contributed by atoms with Gasteiger partial charge in [-0.1, -0.05) is 0 Å². The van der Waals surface area contributed by atoms with Crippen molar-refractivity contribution in [3.8, 4) is 0 Å². The highest BCUT2D eigenvalue weighted by atomic mass is 35.5. The molecule has 1 saturated heterocycles. The third-order valence-electron chi connectivity index (χ3n) is 7.85. The molecule has 154 valence electrons. The quantitative estimate of drug-likeness (QED) is 0.720. The predicted molar refractivity (Wildman–Crippen MR) is 116 cm³/mol. The Morgan fingerprint density at radius 3 is 2.41 bits per heavy atom. The van der Waals surface area contributed by atoms with Crippen molar-refractivity contribution in [2.75, 3.05) is 18.0 Å². The van der Waals surface area contributed by atoms with Gasteiger partial charge in [-0.3, -0.25) is 4.79 Å². The van der Waals surface area contributed by atoms with Gasteiger partial charge in [-0.2, -0.15) is 4.98 Å². The SMILES string of the molecule is O=C(NC12CC3CC(CC(C3)C1)C2)C1CCN(c2nc(Cl)nc3ccsc23)CC1. The Bertz CT molecular complexity index is 916. The molecular weight excluding hydrogens is 404 g/mol. The van der Waals surface area contributed by atoms with Crippen LogP contribution in [0.15, 0.2) is 11.4 Å². The normalized spacial score (nSPS) is 34.1. The minimum atomic E-state index is 0.117. The molecule has 0 aromatic carbocycles. The minimum absolute atomic E-state index is 0.117. The van der Waals surface area contributed by atoms with E-state index in [1.165, 1.54) is 38.5 Å². The van der Waals surface area contributed by atoms with E-state index in [1.54, 1.807) is 11.3 Å². The lowest BCUT2D eigenvalue weighted by molar-refractivity contribution is -0.131. The van der Waals surface area contributed by atoms with Crippen LogP contribution in [0.1, 0.15) is 51.4 Å². The van der Waals surface area contributed by atoms with Gasteiger partial charge >= 0.3 is 0 Å². The van der Waals surface area contributed by atoms with Crippen molar-refractivity contribution < 1.29 is 4.79 Å². The number of piperidine rings is 1. The van der Waals surface area contributed by atoms with Crippen molar-refractivity contribution in [2.45, 2.75) is 56.9 Å². The van der Waals surface area contributed by atoms with Crippen LogP contribution >= 0.6 is 22.9 Å². The van der Waals surface area contributed by atoms with Crippen LogP contribution in [-0.4, -0.2) is 34.5 Å². The molecule has 0 atom stereocenters. The number of fused-ring (bicyclic) bond motifs is 1. The highest BCUT2D eigenvalue weighted by Gasteiger charge is 2.51. The first kappa shape index (κ1) is 18.4. The molecule has 5 aliphatic rings. The molecule has 1 amide bonds. The number of rotatable bonds is 3. The molecule has 7 rings (SSSR count). The monoisotopic (exact) mass is 430 g/mol. The van der Waals surface area contributed by atoms with Crippen LogP contribution in [-0.2, 0) is 4.79 Å². The van der Waals surface area contributed by atoms with E-state index in [2.05, 4.69) is 20.2 Å². The number of hydrogen-bond acceptors (Lipinski definition) is 5. The Hall–Kier alpha value is -1.40. The fraction of sp³-hybridized carbons (Fsp3) is 0.682. The summed E-state index contributed by atoms with van der Waals surface area (Å²) in [5.41, 5.74) is 1.03. The fourth-order valence-corrected chi connectivity index (χ4v) is 8.03. The van der Waals surface area contributed by atoms with E-state index in [4.69, 9.17) is 11.6 Å². The number of hydrogen-bond donors (Lipinski definition) is 1. The van der Waals surface area contributed by atoms with Gasteiger partial charge in [0.05, 0.1) is 10.2 Å². The number of anilines is 1. The molecule has 3 heterocycles. The standard InChI is InChI=1S/C22H27ClN4OS/c23-21-24-17-3-6-29-18(17)19(25-21)27-4-1-16(2-5-27)20(28)26-22-10-13-7-14(11-22)9-15(8-13)12-22/h3,6,13-16H,1-2,4-5,7-12H2,(H,26,28). The average molecular weight is 431 g/mol. The molecule has 0 spiro atoms. The first-order valence-electron chi connectivity index (χ1n) is 11.0. The van der Waals surface area contributed by atoms with Gasteiger partial charge < -0.3 is 10.2 Å². The number of carbonyl (C=O) groups is 1. The topological polar surface area (TPSA) is 58.1 Å². The summed E-state index contributed by atoms with van der Waals surface area (Å²) in [7, 11) is 0. The van der Waals surface area contributed by atoms with Crippen LogP contribution in [0.3, 0.4) is 0 Å². The maximum atomic E-state index is 13.2. The van der Waals surface area contributed by atoms with Gasteiger partial charge in [-0.25, -0.2) is 4.98 Å². The molecule has 4 bridgehead atoms. The summed E-state index contributed by atoms with van der Waals surface area (Å²) < 4.78 is 1.09. The van der Waals surface area contributed by atoms with Gasteiger partial charge in [0.25, 0.3) is 0 Å². The maximum Gasteiger partial charge on any atom is 0.224 e. The Kier molecular flexibility index (Phi) is 4.31. The Morgan fingerprint density at radius 1 is 1.10 bits per heavy atom. The van der Waals surface area contributed by atoms with Gasteiger partial charge in [-0.15, -0.1) is 11.3 Å². The molecule has 4 aliphatic carbocycles. The van der Waals surface area contributed by atoms with Crippen LogP contribution < -0.4 is 10.2 Å². The largest absolute Gasteiger partial charge is 0.355 e. The first-order chi connectivity index (χ1) is 14.1. The van der Waals surface area contributed by atoms with Crippen LogP contribution in [0.5, 0.6) is 0 Å². The van der Waals surface area contributed by atoms with Gasteiger partial charge in [0.2, 0.25) is 11.2 Å². The van der Waals surface area contributed by atoms with E-state index in [0.29, 0.717) is 11.2 Å². The number of nitrogens with one attached hydrogen (secondary N) is 1. The molecule has 0 unspecified atom stereocenters. The van der Waals surface area contributed by atoms with Crippen molar-refractivity contribution in [1.82, 2.24) is 15.3 Å². The smallest absolute Gasteiger partial charge is 0.224 e. The molecule has 29 heavy (non-hydrogen) atoms. The molecule has 2 aromatic rings. The fourth-order valence-electron chi connectivity index (χ4n) is 7.02. The lowest BCUT2D eigenvalue weighted by Gasteiger charge is -2.57. The third kappa shape index (κ3) is 3.23. The molecule has 0 radical (unpaired) electrons. The van der Waals surface area contributed by atoms with Crippen LogP contribution in [0.2, 0.25) is 5.28 Å². The van der Waals surface area contributed by atoms with Crippen molar-refractivity contribution in [1.29, 1.82) is 0 Å². The summed E-state index contributed by atoms with van der Waals surface area (Å²) >= 11 is 7.80. The van der Waals surface area contributed by atoms with Crippen LogP contribution in [0.4, 0.5) is 5.82 Å². The zero-order valence-electron chi connectivity index (χ0n) is 16.6. The molecular formula is C22H27ClN4OS. The molecule has 4 saturated carbocycles. The summed E-state index contributed by atoms with van der Waals surface area (Å²) in [5.74, 6) is 3.93. The van der Waals surface area contributed by atoms with Crippen LogP contribution in [0.25, 0.3) is 10.2 Å². The predicted octanol–water partition coefficient (Wildman–Crippen LogP) is 4.65. The maximum absolute atomic E-state index is 13.2. The summed E-state index contributed by atoms with van der Waals surface area (Å²) in [6, 6.07) is 1.99. The lowest BCUT2D eigenvalue weighted by Crippen LogP contribution is -2.61. The van der Waals surface area contributed by atoms with E-state index in [-0.39, 0.29) is 11.5 Å². The first-order valence-corrected chi connectivity index (χ1v) is 12.3. The second-order valence-electron chi connectivity index (χ2n) is 9.90. The highest BCUT2D eigenvalue weighted by Crippen LogP contribution is 2.55. The van der Waals surface area contributed by atoms with Gasteiger partial charge in [-0.05, 0) is 92.2 Å². The zero-order chi connectivity index (χ0) is 19.6. The average Bonchev–Trinajstić information content (AvgIpc) is 3.14. The van der Waals surface area contributed by atoms with E-state index in [1.807, 2.05) is 11.4 Å². The summed E-state index contributed by atoms with van der Waals surface area (Å²) in [4.78, 5) is 24.3. The number of nitrogens with zero attached hydrogens (tertiary/aromatic N) is 3. The van der Waals surface area contributed by atoms with Gasteiger partial charge in [0.15, 0.2) is 5.82 Å². The highest BCUT2D eigenvalue weighted by molar-refractivity contribution is 7.17. The molecule has 1 N–H and O–H groups in total. The van der Waals surface area contributed by atoms with Crippen molar-refractivity contribution in [2.24, 2.45) is 23.7 Å². The lowest BCUT2D eigenvalue weighted by atomic mass is 9.53. The van der Waals surface area contributed by atoms with Gasteiger partial charge in [0.1, 0.15) is 0 Å². The second kappa shape index (κ2) is 6.81. The molecule has 5 nitrogen and oxygen atoms in total. The Balaban J connectivity index is 1.13. The molecule has 5 fully saturated rings. The van der Waals surface area contributed by atoms with E-state index >= 15 is 0 Å². The number of halogens is 1. The zero-order valence-corrected chi connectivity index (χ0v) is 18.1. The number of amides is 1. The van der Waals surface area contributed by atoms with Crippen molar-refractivity contribution >= 4 is 44.9 Å². The number of aromatic nitrogens is 2. The summed E-state index contributed by atoms with van der Waals surface area (Å²) in [6.45, 7) is 1.69. The van der Waals surface area contributed by atoms with E-state index < -0.39 is 0 Å². The Morgan fingerprint density at radius 2 is 1.76 bits per heavy atom. The second-order valence-corrected chi connectivity index (χ2v) is 11.2. The van der Waals surface area contributed by atoms with Crippen LogP contribution in [0, 0.1) is 23.7 Å². The number of carbonyl (C=O) groups excluding carboxylic acids is 1. The minimum Gasteiger partial charge on any atom is -0.355 e. The van der Waals surface area contributed by atoms with E-state index in [0.717, 1.165) is 59.7 Å². The molecule has 1 aliphatic heterocycles. The third-order valence-corrected chi connectivity index (χ3v) is 8.92. The summed E-state index contributed by atoms with van der Waals surface area (Å²) in [6.07, 6.45) is 9.65. The molecule has 7 heteroatoms. The van der Waals surface area contributed by atoms with Gasteiger partial charge in [0, 0.05) is 24.5 Å². The summed E-state index contributed by atoms with van der Waals surface area (Å²) in [5, 5.41) is 5.91. The van der Waals surface area contributed by atoms with Crippen molar-refractivity contribution in [3.05, 3.63) is 16.7 Å². The van der Waals surface area contributed by atoms with Crippen molar-refractivity contribution in [3.63, 3.8) is 0 Å². The van der Waals surface area contributed by atoms with E-state index in [9.17, 15) is 4.79 Å². The number of thiophene rings is 1.